The Morgan fingerprint density at radius 1 is 1.45 bits per heavy atom. The number of pyridine rings is 1. The molecule has 0 aromatic carbocycles. The first-order chi connectivity index (χ1) is 10.5. The summed E-state index contributed by atoms with van der Waals surface area (Å²) in [4.78, 5) is 24.7. The van der Waals surface area contributed by atoms with Crippen molar-refractivity contribution < 1.29 is 9.53 Å². The van der Waals surface area contributed by atoms with Crippen LogP contribution in [0.4, 0.5) is 0 Å². The van der Waals surface area contributed by atoms with E-state index in [-0.39, 0.29) is 11.1 Å². The first kappa shape index (κ1) is 16.9. The van der Waals surface area contributed by atoms with Crippen molar-refractivity contribution in [1.29, 1.82) is 0 Å². The fourth-order valence-corrected chi connectivity index (χ4v) is 4.10. The van der Waals surface area contributed by atoms with Gasteiger partial charge in [-0.1, -0.05) is 19.1 Å². The second kappa shape index (κ2) is 7.18. The van der Waals surface area contributed by atoms with Crippen molar-refractivity contribution in [2.24, 2.45) is 5.92 Å². The van der Waals surface area contributed by atoms with Crippen LogP contribution in [0.25, 0.3) is 0 Å². The monoisotopic (exact) mass is 321 g/mol. The second-order valence-electron chi connectivity index (χ2n) is 5.66. The summed E-state index contributed by atoms with van der Waals surface area (Å²) in [5, 5.41) is 0. The summed E-state index contributed by atoms with van der Waals surface area (Å²) in [6.45, 7) is 6.62. The Morgan fingerprint density at radius 2 is 2.18 bits per heavy atom. The van der Waals surface area contributed by atoms with Gasteiger partial charge in [-0.05, 0) is 37.3 Å². The van der Waals surface area contributed by atoms with Crippen molar-refractivity contribution >= 4 is 17.7 Å². The van der Waals surface area contributed by atoms with E-state index >= 15 is 0 Å². The number of hydrogen-bond donors (Lipinski definition) is 0. The van der Waals surface area contributed by atoms with Gasteiger partial charge in [0.05, 0.1) is 7.11 Å². The lowest BCUT2D eigenvalue weighted by molar-refractivity contribution is 0.0597. The first-order valence-electron chi connectivity index (χ1n) is 7.55. The van der Waals surface area contributed by atoms with Gasteiger partial charge in [-0.25, -0.2) is 4.79 Å². The topological polar surface area (TPSA) is 48.3 Å². The van der Waals surface area contributed by atoms with E-state index in [0.717, 1.165) is 34.7 Å². The molecule has 0 amide bonds. The largest absolute Gasteiger partial charge is 0.465 e. The zero-order chi connectivity index (χ0) is 16.3. The third-order valence-electron chi connectivity index (χ3n) is 4.16. The lowest BCUT2D eigenvalue weighted by atomic mass is 10.0. The number of ether oxygens (including phenoxy) is 1. The van der Waals surface area contributed by atoms with Crippen LogP contribution >= 0.6 is 11.8 Å². The smallest absolute Gasteiger partial charge is 0.343 e. The van der Waals surface area contributed by atoms with Crippen LogP contribution < -0.4 is 5.56 Å². The van der Waals surface area contributed by atoms with E-state index in [1.807, 2.05) is 19.9 Å². The number of carbonyl (C=O) groups is 1. The molecule has 2 heterocycles. The van der Waals surface area contributed by atoms with Gasteiger partial charge in [0.2, 0.25) is 0 Å². The average Bonchev–Trinajstić information content (AvgIpc) is 2.96. The number of allylic oxidation sites excluding steroid dienone is 2. The van der Waals surface area contributed by atoms with Gasteiger partial charge >= 0.3 is 5.97 Å². The van der Waals surface area contributed by atoms with Crippen LogP contribution in [0.1, 0.15) is 47.4 Å². The summed E-state index contributed by atoms with van der Waals surface area (Å²) in [5.41, 5.74) is 2.98. The highest BCUT2D eigenvalue weighted by Crippen LogP contribution is 2.32. The molecular weight excluding hydrogens is 298 g/mol. The molecule has 0 spiro atoms. The van der Waals surface area contributed by atoms with Gasteiger partial charge < -0.3 is 9.30 Å². The number of carbonyl (C=O) groups excluding carboxylic acids is 1. The molecule has 1 aromatic heterocycles. The van der Waals surface area contributed by atoms with Crippen LogP contribution in [0.5, 0.6) is 0 Å². The van der Waals surface area contributed by atoms with Crippen LogP contribution in [0.3, 0.4) is 0 Å². The van der Waals surface area contributed by atoms with E-state index < -0.39 is 5.97 Å². The van der Waals surface area contributed by atoms with Crippen LogP contribution in [-0.4, -0.2) is 17.6 Å². The molecule has 0 fully saturated rings. The summed E-state index contributed by atoms with van der Waals surface area (Å²) in [6, 6.07) is 0. The Hall–Kier alpha value is -1.49. The summed E-state index contributed by atoms with van der Waals surface area (Å²) < 4.78 is 6.59. The van der Waals surface area contributed by atoms with E-state index in [2.05, 4.69) is 13.0 Å². The average molecular weight is 321 g/mol. The molecule has 1 atom stereocenters. The molecule has 5 heteroatoms. The molecule has 1 aliphatic heterocycles. The SMILES string of the molecule is C/C=C\C(C)CCn1c2c(c(C)c(C(=O)OC)c1=O)CSC2. The number of fused-ring (bicyclic) bond motifs is 1. The standard InChI is InChI=1S/C17H23NO3S/c1-5-6-11(2)7-8-18-14-10-22-9-13(14)12(3)15(16(18)19)17(20)21-4/h5-6,11H,7-10H2,1-4H3/b6-5-. The molecule has 2 rings (SSSR count). The highest BCUT2D eigenvalue weighted by molar-refractivity contribution is 7.98. The maximum Gasteiger partial charge on any atom is 0.343 e. The van der Waals surface area contributed by atoms with Gasteiger partial charge in [0.15, 0.2) is 0 Å². The molecule has 0 radical (unpaired) electrons. The Balaban J connectivity index is 2.47. The Bertz CT molecular complexity index is 661. The zero-order valence-electron chi connectivity index (χ0n) is 13.6. The molecule has 0 saturated heterocycles. The van der Waals surface area contributed by atoms with Gasteiger partial charge in [-0.2, -0.15) is 11.8 Å². The number of hydrogen-bond acceptors (Lipinski definition) is 4. The second-order valence-corrected chi connectivity index (χ2v) is 6.64. The van der Waals surface area contributed by atoms with Crippen LogP contribution in [0.15, 0.2) is 16.9 Å². The predicted molar refractivity (Wildman–Crippen MR) is 90.4 cm³/mol. The van der Waals surface area contributed by atoms with Crippen molar-refractivity contribution in [2.75, 3.05) is 7.11 Å². The van der Waals surface area contributed by atoms with Gasteiger partial charge in [0.25, 0.3) is 5.56 Å². The quantitative estimate of drug-likeness (QED) is 0.617. The Kier molecular flexibility index (Phi) is 5.51. The Morgan fingerprint density at radius 3 is 2.82 bits per heavy atom. The van der Waals surface area contributed by atoms with E-state index in [1.54, 1.807) is 16.3 Å². The lowest BCUT2D eigenvalue weighted by Gasteiger charge is -2.17. The van der Waals surface area contributed by atoms with Gasteiger partial charge in [-0.3, -0.25) is 4.79 Å². The first-order valence-corrected chi connectivity index (χ1v) is 8.70. The molecule has 1 aliphatic rings. The minimum Gasteiger partial charge on any atom is -0.465 e. The number of aromatic nitrogens is 1. The molecule has 22 heavy (non-hydrogen) atoms. The van der Waals surface area contributed by atoms with E-state index in [9.17, 15) is 9.59 Å². The Labute approximate surface area is 135 Å². The summed E-state index contributed by atoms with van der Waals surface area (Å²) in [7, 11) is 1.32. The van der Waals surface area contributed by atoms with Gasteiger partial charge in [0, 0.05) is 23.7 Å². The zero-order valence-corrected chi connectivity index (χ0v) is 14.5. The fraction of sp³-hybridized carbons (Fsp3) is 0.529. The molecule has 0 bridgehead atoms. The molecule has 0 aliphatic carbocycles. The van der Waals surface area contributed by atoms with E-state index in [0.29, 0.717) is 12.5 Å². The maximum absolute atomic E-state index is 12.8. The fourth-order valence-electron chi connectivity index (χ4n) is 2.89. The van der Waals surface area contributed by atoms with Crippen LogP contribution in [-0.2, 0) is 22.8 Å². The van der Waals surface area contributed by atoms with E-state index in [1.165, 1.54) is 7.11 Å². The normalized spacial score (nSPS) is 15.1. The number of thioether (sulfide) groups is 1. The third kappa shape index (κ3) is 3.14. The number of esters is 1. The van der Waals surface area contributed by atoms with Crippen molar-refractivity contribution in [3.8, 4) is 0 Å². The molecule has 1 aromatic rings. The van der Waals surface area contributed by atoms with Gasteiger partial charge in [0.1, 0.15) is 5.56 Å². The molecule has 1 unspecified atom stereocenters. The highest BCUT2D eigenvalue weighted by atomic mass is 32.2. The summed E-state index contributed by atoms with van der Waals surface area (Å²) >= 11 is 1.79. The molecule has 120 valence electrons. The van der Waals surface area contributed by atoms with Crippen molar-refractivity contribution in [2.45, 2.75) is 45.2 Å². The number of rotatable bonds is 5. The molecular formula is C17H23NO3S. The molecule has 0 N–H and O–H groups in total. The minimum absolute atomic E-state index is 0.197. The minimum atomic E-state index is -0.530. The molecule has 4 nitrogen and oxygen atoms in total. The van der Waals surface area contributed by atoms with Crippen LogP contribution in [0.2, 0.25) is 0 Å². The summed E-state index contributed by atoms with van der Waals surface area (Å²) in [6.07, 6.45) is 5.04. The summed E-state index contributed by atoms with van der Waals surface area (Å²) in [5.74, 6) is 1.57. The maximum atomic E-state index is 12.8. The van der Waals surface area contributed by atoms with Crippen molar-refractivity contribution in [1.82, 2.24) is 4.57 Å². The van der Waals surface area contributed by atoms with E-state index in [4.69, 9.17) is 4.74 Å². The number of methoxy groups -OCH3 is 1. The molecule has 0 saturated carbocycles. The van der Waals surface area contributed by atoms with Crippen LogP contribution in [0, 0.1) is 12.8 Å². The predicted octanol–water partition coefficient (Wildman–Crippen LogP) is 3.29. The number of nitrogens with zero attached hydrogens (tertiary/aromatic N) is 1. The van der Waals surface area contributed by atoms with Crippen molar-refractivity contribution in [3.63, 3.8) is 0 Å². The van der Waals surface area contributed by atoms with Crippen molar-refractivity contribution in [3.05, 3.63) is 44.9 Å². The lowest BCUT2D eigenvalue weighted by Crippen LogP contribution is -2.31. The van der Waals surface area contributed by atoms with Gasteiger partial charge in [-0.15, -0.1) is 0 Å². The third-order valence-corrected chi connectivity index (χ3v) is 5.13. The highest BCUT2D eigenvalue weighted by Gasteiger charge is 2.26.